The molecule has 0 aliphatic heterocycles. The fourth-order valence-electron chi connectivity index (χ4n) is 1.33. The zero-order valence-electron chi connectivity index (χ0n) is 9.55. The molecule has 0 radical (unpaired) electrons. The van der Waals surface area contributed by atoms with Gasteiger partial charge in [-0.3, -0.25) is 0 Å². The highest BCUT2D eigenvalue weighted by Crippen LogP contribution is 2.04. The van der Waals surface area contributed by atoms with Gasteiger partial charge in [0.05, 0.1) is 0 Å². The Hall–Kier alpha value is -0.300. The third kappa shape index (κ3) is 11.7. The van der Waals surface area contributed by atoms with Crippen molar-refractivity contribution in [2.45, 2.75) is 45.4 Å². The van der Waals surface area contributed by atoms with Crippen molar-refractivity contribution in [2.75, 3.05) is 20.6 Å². The zero-order chi connectivity index (χ0) is 9.94. The molecule has 0 bridgehead atoms. The molecule has 0 unspecified atom stereocenters. The molecule has 0 heterocycles. The van der Waals surface area contributed by atoms with Gasteiger partial charge in [0.1, 0.15) is 0 Å². The summed E-state index contributed by atoms with van der Waals surface area (Å²) in [6.45, 7) is 3.43. The van der Waals surface area contributed by atoms with Crippen LogP contribution in [0.2, 0.25) is 0 Å². The number of rotatable bonds is 8. The van der Waals surface area contributed by atoms with E-state index in [2.05, 4.69) is 38.1 Å². The molecule has 0 fully saturated rings. The van der Waals surface area contributed by atoms with Crippen LogP contribution in [0.5, 0.6) is 0 Å². The summed E-state index contributed by atoms with van der Waals surface area (Å²) in [6.07, 6.45) is 12.5. The summed E-state index contributed by atoms with van der Waals surface area (Å²) < 4.78 is 0. The van der Waals surface area contributed by atoms with Gasteiger partial charge in [-0.15, -0.1) is 0 Å². The van der Waals surface area contributed by atoms with E-state index < -0.39 is 0 Å². The first-order valence-corrected chi connectivity index (χ1v) is 5.57. The summed E-state index contributed by atoms with van der Waals surface area (Å²) in [5.41, 5.74) is 0. The number of hydrogen-bond donors (Lipinski definition) is 0. The van der Waals surface area contributed by atoms with Crippen LogP contribution in [-0.2, 0) is 0 Å². The highest BCUT2D eigenvalue weighted by atomic mass is 15.0. The summed E-state index contributed by atoms with van der Waals surface area (Å²) >= 11 is 0. The van der Waals surface area contributed by atoms with Crippen LogP contribution in [0, 0.1) is 0 Å². The molecule has 0 rings (SSSR count). The molecule has 0 aromatic rings. The monoisotopic (exact) mass is 183 g/mol. The van der Waals surface area contributed by atoms with Crippen LogP contribution in [0.25, 0.3) is 0 Å². The minimum Gasteiger partial charge on any atom is -0.309 e. The van der Waals surface area contributed by atoms with E-state index in [1.807, 2.05) is 0 Å². The average molecular weight is 183 g/mol. The zero-order valence-corrected chi connectivity index (χ0v) is 9.55. The molecule has 0 aliphatic rings. The maximum absolute atomic E-state index is 2.31. The van der Waals surface area contributed by atoms with E-state index in [9.17, 15) is 0 Å². The van der Waals surface area contributed by atoms with E-state index in [0.29, 0.717) is 0 Å². The first-order chi connectivity index (χ1) is 6.27. The van der Waals surface area contributed by atoms with Gasteiger partial charge in [0.15, 0.2) is 0 Å². The molecule has 0 aliphatic carbocycles. The van der Waals surface area contributed by atoms with Crippen LogP contribution in [0.3, 0.4) is 0 Å². The minimum absolute atomic E-state index is 1.18. The maximum Gasteiger partial charge on any atom is -0.00248 e. The average Bonchev–Trinajstić information content (AvgIpc) is 2.09. The first-order valence-electron chi connectivity index (χ1n) is 5.57. The largest absolute Gasteiger partial charge is 0.309 e. The molecule has 0 amide bonds. The van der Waals surface area contributed by atoms with Gasteiger partial charge in [-0.2, -0.15) is 0 Å². The van der Waals surface area contributed by atoms with Gasteiger partial charge in [0, 0.05) is 0 Å². The van der Waals surface area contributed by atoms with Crippen molar-refractivity contribution in [2.24, 2.45) is 0 Å². The lowest BCUT2D eigenvalue weighted by Crippen LogP contribution is -2.12. The lowest BCUT2D eigenvalue weighted by Gasteiger charge is -2.07. The summed E-state index contributed by atoms with van der Waals surface area (Å²) in [6, 6.07) is 0. The SMILES string of the molecule is CC/C=C/CCCCCCN(C)C. The van der Waals surface area contributed by atoms with Gasteiger partial charge in [-0.25, -0.2) is 0 Å². The summed E-state index contributed by atoms with van der Waals surface area (Å²) in [5, 5.41) is 0. The van der Waals surface area contributed by atoms with Crippen LogP contribution < -0.4 is 0 Å². The van der Waals surface area contributed by atoms with Crippen LogP contribution in [-0.4, -0.2) is 25.5 Å². The molecule has 1 heteroatoms. The van der Waals surface area contributed by atoms with Crippen molar-refractivity contribution in [1.82, 2.24) is 4.90 Å². The molecule has 0 spiro atoms. The Kier molecular flexibility index (Phi) is 9.56. The van der Waals surface area contributed by atoms with Crippen LogP contribution >= 0.6 is 0 Å². The van der Waals surface area contributed by atoms with Gasteiger partial charge in [-0.05, 0) is 46.3 Å². The molecule has 13 heavy (non-hydrogen) atoms. The van der Waals surface area contributed by atoms with Crippen LogP contribution in [0.4, 0.5) is 0 Å². The van der Waals surface area contributed by atoms with E-state index in [-0.39, 0.29) is 0 Å². The number of allylic oxidation sites excluding steroid dienone is 2. The fourth-order valence-corrected chi connectivity index (χ4v) is 1.33. The second-order valence-electron chi connectivity index (χ2n) is 3.89. The molecule has 0 saturated carbocycles. The Bertz CT molecular complexity index is 116. The van der Waals surface area contributed by atoms with E-state index in [1.54, 1.807) is 0 Å². The van der Waals surface area contributed by atoms with E-state index in [0.717, 1.165) is 0 Å². The predicted octanol–water partition coefficient (Wildman–Crippen LogP) is 3.46. The lowest BCUT2D eigenvalue weighted by molar-refractivity contribution is 0.390. The van der Waals surface area contributed by atoms with Crippen LogP contribution in [0.1, 0.15) is 45.4 Å². The van der Waals surface area contributed by atoms with Crippen molar-refractivity contribution < 1.29 is 0 Å². The molecule has 1 nitrogen and oxygen atoms in total. The fraction of sp³-hybridized carbons (Fsp3) is 0.833. The molecular formula is C12H25N. The minimum atomic E-state index is 1.18. The van der Waals surface area contributed by atoms with Gasteiger partial charge in [0.25, 0.3) is 0 Å². The lowest BCUT2D eigenvalue weighted by atomic mass is 10.1. The highest BCUT2D eigenvalue weighted by molar-refractivity contribution is 4.79. The third-order valence-electron chi connectivity index (χ3n) is 2.13. The highest BCUT2D eigenvalue weighted by Gasteiger charge is 1.90. The topological polar surface area (TPSA) is 3.24 Å². The van der Waals surface area contributed by atoms with Crippen molar-refractivity contribution in [3.05, 3.63) is 12.2 Å². The maximum atomic E-state index is 2.31. The first kappa shape index (κ1) is 12.7. The third-order valence-corrected chi connectivity index (χ3v) is 2.13. The van der Waals surface area contributed by atoms with E-state index in [4.69, 9.17) is 0 Å². The summed E-state index contributed by atoms with van der Waals surface area (Å²) in [4.78, 5) is 2.26. The molecule has 0 atom stereocenters. The Morgan fingerprint density at radius 1 is 0.923 bits per heavy atom. The predicted molar refractivity (Wildman–Crippen MR) is 61.1 cm³/mol. The molecule has 78 valence electrons. The Labute approximate surface area is 83.8 Å². The number of hydrogen-bond acceptors (Lipinski definition) is 1. The quantitative estimate of drug-likeness (QED) is 0.411. The van der Waals surface area contributed by atoms with Crippen molar-refractivity contribution in [1.29, 1.82) is 0 Å². The smallest absolute Gasteiger partial charge is 0.00248 e. The van der Waals surface area contributed by atoms with Crippen LogP contribution in [0.15, 0.2) is 12.2 Å². The molecule has 0 aromatic heterocycles. The summed E-state index contributed by atoms with van der Waals surface area (Å²) in [5.74, 6) is 0. The number of unbranched alkanes of at least 4 members (excludes halogenated alkanes) is 4. The molecule has 0 N–H and O–H groups in total. The molecule has 0 saturated heterocycles. The van der Waals surface area contributed by atoms with E-state index >= 15 is 0 Å². The second kappa shape index (κ2) is 9.79. The van der Waals surface area contributed by atoms with Crippen molar-refractivity contribution in [3.8, 4) is 0 Å². The van der Waals surface area contributed by atoms with E-state index in [1.165, 1.54) is 45.1 Å². The number of nitrogens with zero attached hydrogens (tertiary/aromatic N) is 1. The molecule has 0 aromatic carbocycles. The Morgan fingerprint density at radius 2 is 1.62 bits per heavy atom. The normalized spacial score (nSPS) is 11.7. The van der Waals surface area contributed by atoms with Gasteiger partial charge >= 0.3 is 0 Å². The van der Waals surface area contributed by atoms with Gasteiger partial charge in [0.2, 0.25) is 0 Å². The standard InChI is InChI=1S/C12H25N/c1-4-5-6-7-8-9-10-11-12-13(2)3/h5-6H,4,7-12H2,1-3H3/b6-5+. The van der Waals surface area contributed by atoms with Gasteiger partial charge in [-0.1, -0.05) is 31.9 Å². The molecular weight excluding hydrogens is 158 g/mol. The Morgan fingerprint density at radius 3 is 2.23 bits per heavy atom. The van der Waals surface area contributed by atoms with Gasteiger partial charge < -0.3 is 4.90 Å². The second-order valence-corrected chi connectivity index (χ2v) is 3.89. The Balaban J connectivity index is 2.95. The van der Waals surface area contributed by atoms with Crippen molar-refractivity contribution >= 4 is 0 Å². The van der Waals surface area contributed by atoms with Crippen molar-refractivity contribution in [3.63, 3.8) is 0 Å². The summed E-state index contributed by atoms with van der Waals surface area (Å²) in [7, 11) is 4.29.